The molecular formula is C21H18Cl2N2O3. The molecule has 5 nitrogen and oxygen atoms in total. The van der Waals surface area contributed by atoms with Crippen LogP contribution >= 0.6 is 23.2 Å². The summed E-state index contributed by atoms with van der Waals surface area (Å²) >= 11 is 12.0. The predicted octanol–water partition coefficient (Wildman–Crippen LogP) is 5.09. The number of aromatic nitrogens is 2. The van der Waals surface area contributed by atoms with Crippen molar-refractivity contribution in [2.24, 2.45) is 0 Å². The van der Waals surface area contributed by atoms with Crippen molar-refractivity contribution in [3.63, 3.8) is 0 Å². The van der Waals surface area contributed by atoms with Gasteiger partial charge in [-0.25, -0.2) is 0 Å². The summed E-state index contributed by atoms with van der Waals surface area (Å²) in [7, 11) is 1.53. The van der Waals surface area contributed by atoms with Gasteiger partial charge in [0.1, 0.15) is 5.75 Å². The Hall–Kier alpha value is -2.60. The Morgan fingerprint density at radius 2 is 2.00 bits per heavy atom. The lowest BCUT2D eigenvalue weighted by atomic mass is 10.0. The number of carbonyl (C=O) groups excluding carboxylic acids is 1. The number of halogens is 2. The van der Waals surface area contributed by atoms with Crippen molar-refractivity contribution in [1.82, 2.24) is 10.2 Å². The molecule has 0 amide bonds. The third kappa shape index (κ3) is 4.28. The van der Waals surface area contributed by atoms with Gasteiger partial charge in [-0.2, -0.15) is 5.10 Å². The van der Waals surface area contributed by atoms with Gasteiger partial charge in [0.05, 0.1) is 35.1 Å². The SMILES string of the molecule is COc1c(C)cc(C(=O)/C=C/c2cc(-c3ccc(Cl)c(Cl)c3)n[nH]2)cc1CO. The number of carbonyl (C=O) groups is 1. The third-order valence-electron chi connectivity index (χ3n) is 4.24. The lowest BCUT2D eigenvalue weighted by Gasteiger charge is -2.11. The fourth-order valence-electron chi connectivity index (χ4n) is 2.89. The number of nitrogens with one attached hydrogen (secondary N) is 1. The van der Waals surface area contributed by atoms with E-state index in [0.717, 1.165) is 11.1 Å². The zero-order valence-corrected chi connectivity index (χ0v) is 16.8. The van der Waals surface area contributed by atoms with Crippen LogP contribution in [0.15, 0.2) is 42.5 Å². The van der Waals surface area contributed by atoms with Gasteiger partial charge in [0.15, 0.2) is 5.78 Å². The summed E-state index contributed by atoms with van der Waals surface area (Å²) in [4.78, 5) is 12.5. The topological polar surface area (TPSA) is 75.2 Å². The zero-order chi connectivity index (χ0) is 20.3. The van der Waals surface area contributed by atoms with E-state index in [0.29, 0.717) is 38.3 Å². The third-order valence-corrected chi connectivity index (χ3v) is 4.98. The maximum Gasteiger partial charge on any atom is 0.185 e. The molecule has 0 unspecified atom stereocenters. The first-order valence-corrected chi connectivity index (χ1v) is 9.20. The second-order valence-electron chi connectivity index (χ2n) is 6.18. The maximum atomic E-state index is 12.5. The highest BCUT2D eigenvalue weighted by Crippen LogP contribution is 2.28. The largest absolute Gasteiger partial charge is 0.496 e. The van der Waals surface area contributed by atoms with E-state index >= 15 is 0 Å². The summed E-state index contributed by atoms with van der Waals surface area (Å²) in [5, 5.41) is 17.5. The van der Waals surface area contributed by atoms with Crippen molar-refractivity contribution in [3.05, 3.63) is 74.9 Å². The highest BCUT2D eigenvalue weighted by molar-refractivity contribution is 6.42. The van der Waals surface area contributed by atoms with Crippen molar-refractivity contribution in [3.8, 4) is 17.0 Å². The van der Waals surface area contributed by atoms with Crippen LogP contribution in [0.5, 0.6) is 5.75 Å². The number of nitrogens with zero attached hydrogens (tertiary/aromatic N) is 1. The van der Waals surface area contributed by atoms with Crippen LogP contribution in [-0.2, 0) is 6.61 Å². The highest BCUT2D eigenvalue weighted by atomic mass is 35.5. The summed E-state index contributed by atoms with van der Waals surface area (Å²) in [6.45, 7) is 1.62. The molecule has 0 aliphatic carbocycles. The molecule has 0 atom stereocenters. The molecule has 0 aliphatic heterocycles. The fraction of sp³-hybridized carbons (Fsp3) is 0.143. The van der Waals surface area contributed by atoms with Gasteiger partial charge < -0.3 is 9.84 Å². The number of ether oxygens (including phenoxy) is 1. The van der Waals surface area contributed by atoms with Crippen LogP contribution in [0.3, 0.4) is 0 Å². The van der Waals surface area contributed by atoms with E-state index in [9.17, 15) is 9.90 Å². The molecule has 1 heterocycles. The summed E-state index contributed by atoms with van der Waals surface area (Å²) in [5.41, 5.74) is 4.00. The number of aliphatic hydroxyl groups is 1. The number of allylic oxidation sites excluding steroid dienone is 1. The molecule has 7 heteroatoms. The van der Waals surface area contributed by atoms with Crippen LogP contribution in [0.4, 0.5) is 0 Å². The molecule has 3 rings (SSSR count). The van der Waals surface area contributed by atoms with Gasteiger partial charge in [0.2, 0.25) is 0 Å². The van der Waals surface area contributed by atoms with E-state index in [2.05, 4.69) is 10.2 Å². The van der Waals surface area contributed by atoms with Gasteiger partial charge in [-0.15, -0.1) is 0 Å². The molecule has 0 fully saturated rings. The molecular weight excluding hydrogens is 399 g/mol. The minimum absolute atomic E-state index is 0.189. The van der Waals surface area contributed by atoms with Crippen molar-refractivity contribution in [2.45, 2.75) is 13.5 Å². The van der Waals surface area contributed by atoms with Crippen molar-refractivity contribution >= 4 is 35.1 Å². The average Bonchev–Trinajstić information content (AvgIpc) is 3.16. The maximum absolute atomic E-state index is 12.5. The van der Waals surface area contributed by atoms with Gasteiger partial charge in [-0.1, -0.05) is 29.3 Å². The van der Waals surface area contributed by atoms with E-state index in [1.165, 1.54) is 13.2 Å². The molecule has 3 aromatic rings. The Labute approximate surface area is 172 Å². The Balaban J connectivity index is 1.81. The highest BCUT2D eigenvalue weighted by Gasteiger charge is 2.12. The smallest absolute Gasteiger partial charge is 0.185 e. The zero-order valence-electron chi connectivity index (χ0n) is 15.3. The molecule has 28 heavy (non-hydrogen) atoms. The quantitative estimate of drug-likeness (QED) is 0.433. The molecule has 144 valence electrons. The summed E-state index contributed by atoms with van der Waals surface area (Å²) in [6.07, 6.45) is 3.10. The molecule has 0 bridgehead atoms. The van der Waals surface area contributed by atoms with Gasteiger partial charge in [-0.3, -0.25) is 9.89 Å². The van der Waals surface area contributed by atoms with Crippen LogP contribution < -0.4 is 4.74 Å². The van der Waals surface area contributed by atoms with Gasteiger partial charge in [0, 0.05) is 16.7 Å². The van der Waals surface area contributed by atoms with E-state index in [4.69, 9.17) is 27.9 Å². The number of ketones is 1. The molecule has 2 aromatic carbocycles. The molecule has 1 aromatic heterocycles. The van der Waals surface area contributed by atoms with Gasteiger partial charge in [-0.05, 0) is 55.0 Å². The lowest BCUT2D eigenvalue weighted by molar-refractivity contribution is 0.104. The summed E-state index contributed by atoms with van der Waals surface area (Å²) in [6, 6.07) is 10.4. The lowest BCUT2D eigenvalue weighted by Crippen LogP contribution is -2.01. The molecule has 0 aliphatic rings. The molecule has 0 saturated carbocycles. The first kappa shape index (κ1) is 20.1. The first-order chi connectivity index (χ1) is 13.4. The van der Waals surface area contributed by atoms with Gasteiger partial charge >= 0.3 is 0 Å². The summed E-state index contributed by atoms with van der Waals surface area (Å²) in [5.74, 6) is 0.397. The number of benzene rings is 2. The fourth-order valence-corrected chi connectivity index (χ4v) is 3.18. The number of hydrogen-bond acceptors (Lipinski definition) is 4. The normalized spacial score (nSPS) is 11.2. The molecule has 2 N–H and O–H groups in total. The van der Waals surface area contributed by atoms with Crippen molar-refractivity contribution in [2.75, 3.05) is 7.11 Å². The van der Waals surface area contributed by atoms with Crippen LogP contribution in [0, 0.1) is 6.92 Å². The standard InChI is InChI=1S/C21H18Cl2N2O3/c1-12-7-14(8-15(11-26)21(12)28-2)20(27)6-4-16-10-19(25-24-16)13-3-5-17(22)18(23)9-13/h3-10,26H,11H2,1-2H3,(H,24,25)/b6-4+. The second kappa shape index (κ2) is 8.61. The minimum Gasteiger partial charge on any atom is -0.496 e. The van der Waals surface area contributed by atoms with Crippen LogP contribution in [0.2, 0.25) is 10.0 Å². The Morgan fingerprint density at radius 3 is 2.68 bits per heavy atom. The molecule has 0 spiro atoms. The van der Waals surface area contributed by atoms with Crippen molar-refractivity contribution in [1.29, 1.82) is 0 Å². The predicted molar refractivity (Wildman–Crippen MR) is 111 cm³/mol. The Bertz CT molecular complexity index is 1060. The number of rotatable bonds is 6. The number of aryl methyl sites for hydroxylation is 1. The minimum atomic E-state index is -0.206. The second-order valence-corrected chi connectivity index (χ2v) is 6.99. The molecule has 0 saturated heterocycles. The number of aliphatic hydroxyl groups excluding tert-OH is 1. The monoisotopic (exact) mass is 416 g/mol. The van der Waals surface area contributed by atoms with Crippen molar-refractivity contribution < 1.29 is 14.6 Å². The molecule has 0 radical (unpaired) electrons. The summed E-state index contributed by atoms with van der Waals surface area (Å²) < 4.78 is 5.27. The van der Waals surface area contributed by atoms with Crippen LogP contribution in [0.25, 0.3) is 17.3 Å². The van der Waals surface area contributed by atoms with Crippen LogP contribution in [0.1, 0.15) is 27.2 Å². The van der Waals surface area contributed by atoms with Crippen LogP contribution in [-0.4, -0.2) is 28.2 Å². The van der Waals surface area contributed by atoms with E-state index in [-0.39, 0.29) is 12.4 Å². The Kier molecular flexibility index (Phi) is 6.19. The van der Waals surface area contributed by atoms with Gasteiger partial charge in [0.25, 0.3) is 0 Å². The van der Waals surface area contributed by atoms with E-state index in [1.54, 1.807) is 30.3 Å². The van der Waals surface area contributed by atoms with E-state index < -0.39 is 0 Å². The number of H-pyrrole nitrogens is 1. The average molecular weight is 417 g/mol. The first-order valence-electron chi connectivity index (χ1n) is 8.44. The Morgan fingerprint density at radius 1 is 1.21 bits per heavy atom. The number of methoxy groups -OCH3 is 1. The number of hydrogen-bond donors (Lipinski definition) is 2. The number of aromatic amines is 1. The van der Waals surface area contributed by atoms with E-state index in [1.807, 2.05) is 19.1 Å².